The smallest absolute Gasteiger partial charge is 0.266 e. The fourth-order valence-corrected chi connectivity index (χ4v) is 4.20. The molecule has 0 radical (unpaired) electrons. The maximum Gasteiger partial charge on any atom is 0.266 e. The van der Waals surface area contributed by atoms with Gasteiger partial charge < -0.3 is 15.2 Å². The van der Waals surface area contributed by atoms with E-state index in [1.165, 1.54) is 16.9 Å². The fourth-order valence-electron chi connectivity index (χ4n) is 3.41. The molecule has 0 bridgehead atoms. The Morgan fingerprint density at radius 1 is 1.00 bits per heavy atom. The van der Waals surface area contributed by atoms with Gasteiger partial charge in [0.1, 0.15) is 10.4 Å². The molecule has 0 saturated heterocycles. The second kappa shape index (κ2) is 6.94. The molecule has 0 amide bonds. The zero-order valence-electron chi connectivity index (χ0n) is 14.2. The average Bonchev–Trinajstić information content (AvgIpc) is 3.14. The molecule has 3 N–H and O–H groups in total. The standard InChI is InChI=1S/C21H19NO3S/c23-11-2-1-3-13-4-6-14(7-5-13)18-17(24)9-8-16-19(18)15-10-12-26-20(15)21(25)22-16/h4-10,12,23-24H,1-3,11H2,(H,22,25). The molecular formula is C21H19NO3S. The SMILES string of the molecule is O=c1[nH]c2ccc(O)c(-c3ccc(CCCCO)cc3)c2c2ccsc12. The maximum atomic E-state index is 12.2. The van der Waals surface area contributed by atoms with E-state index in [0.717, 1.165) is 46.7 Å². The second-order valence-corrected chi connectivity index (χ2v) is 7.29. The molecule has 0 spiro atoms. The number of aliphatic hydroxyl groups excluding tert-OH is 1. The summed E-state index contributed by atoms with van der Waals surface area (Å²) >= 11 is 1.41. The molecule has 0 atom stereocenters. The molecule has 0 aliphatic heterocycles. The molecule has 5 heteroatoms. The molecule has 4 nitrogen and oxygen atoms in total. The number of aromatic amines is 1. The predicted molar refractivity (Wildman–Crippen MR) is 107 cm³/mol. The topological polar surface area (TPSA) is 73.3 Å². The van der Waals surface area contributed by atoms with Crippen LogP contribution < -0.4 is 5.56 Å². The number of H-pyrrole nitrogens is 1. The van der Waals surface area contributed by atoms with Crippen molar-refractivity contribution in [1.29, 1.82) is 0 Å². The van der Waals surface area contributed by atoms with E-state index in [-0.39, 0.29) is 17.9 Å². The lowest BCUT2D eigenvalue weighted by Gasteiger charge is -2.11. The number of phenols is 1. The van der Waals surface area contributed by atoms with Crippen LogP contribution in [0.15, 0.2) is 52.6 Å². The third kappa shape index (κ3) is 2.89. The highest BCUT2D eigenvalue weighted by atomic mass is 32.1. The first kappa shape index (κ1) is 16.8. The minimum atomic E-state index is -0.0987. The molecule has 4 rings (SSSR count). The van der Waals surface area contributed by atoms with Gasteiger partial charge in [-0.2, -0.15) is 0 Å². The van der Waals surface area contributed by atoms with Crippen molar-refractivity contribution in [2.75, 3.05) is 6.61 Å². The number of fused-ring (bicyclic) bond motifs is 3. The molecule has 0 unspecified atom stereocenters. The molecule has 0 aliphatic rings. The number of pyridine rings is 1. The van der Waals surface area contributed by atoms with Gasteiger partial charge in [-0.25, -0.2) is 0 Å². The van der Waals surface area contributed by atoms with Crippen molar-refractivity contribution in [3.63, 3.8) is 0 Å². The lowest BCUT2D eigenvalue weighted by atomic mass is 9.96. The fraction of sp³-hybridized carbons (Fsp3) is 0.190. The van der Waals surface area contributed by atoms with Crippen LogP contribution in [0, 0.1) is 0 Å². The van der Waals surface area contributed by atoms with Crippen molar-refractivity contribution < 1.29 is 10.2 Å². The molecule has 2 aromatic carbocycles. The van der Waals surface area contributed by atoms with Gasteiger partial charge in [-0.05, 0) is 54.0 Å². The largest absolute Gasteiger partial charge is 0.507 e. The number of thiophene rings is 1. The second-order valence-electron chi connectivity index (χ2n) is 6.38. The van der Waals surface area contributed by atoms with Crippen molar-refractivity contribution in [3.8, 4) is 16.9 Å². The summed E-state index contributed by atoms with van der Waals surface area (Å²) in [5.41, 5.74) is 3.48. The lowest BCUT2D eigenvalue weighted by molar-refractivity contribution is 0.284. The molecule has 0 aliphatic carbocycles. The van der Waals surface area contributed by atoms with Crippen LogP contribution in [0.2, 0.25) is 0 Å². The minimum Gasteiger partial charge on any atom is -0.507 e. The third-order valence-electron chi connectivity index (χ3n) is 4.69. The summed E-state index contributed by atoms with van der Waals surface area (Å²) in [7, 11) is 0. The Morgan fingerprint density at radius 2 is 1.81 bits per heavy atom. The van der Waals surface area contributed by atoms with E-state index in [9.17, 15) is 9.90 Å². The van der Waals surface area contributed by atoms with Crippen molar-refractivity contribution in [2.24, 2.45) is 0 Å². The van der Waals surface area contributed by atoms with Crippen LogP contribution in [0.25, 0.3) is 32.1 Å². The normalized spacial score (nSPS) is 11.4. The van der Waals surface area contributed by atoms with Crippen molar-refractivity contribution >= 4 is 32.3 Å². The van der Waals surface area contributed by atoms with Crippen LogP contribution >= 0.6 is 11.3 Å². The number of unbranched alkanes of at least 4 members (excludes halogenated alkanes) is 1. The van der Waals surface area contributed by atoms with Gasteiger partial charge in [0.25, 0.3) is 5.56 Å². The molecule has 2 heterocycles. The maximum absolute atomic E-state index is 12.2. The van der Waals surface area contributed by atoms with Gasteiger partial charge in [-0.3, -0.25) is 4.79 Å². The first-order chi connectivity index (χ1) is 12.7. The monoisotopic (exact) mass is 365 g/mol. The summed E-state index contributed by atoms with van der Waals surface area (Å²) in [4.78, 5) is 15.2. The van der Waals surface area contributed by atoms with Crippen LogP contribution in [0.4, 0.5) is 0 Å². The Balaban J connectivity index is 1.87. The van der Waals surface area contributed by atoms with Gasteiger partial charge in [0.15, 0.2) is 0 Å². The molecule has 132 valence electrons. The van der Waals surface area contributed by atoms with Gasteiger partial charge in [-0.15, -0.1) is 11.3 Å². The van der Waals surface area contributed by atoms with E-state index in [2.05, 4.69) is 17.1 Å². The number of aliphatic hydroxyl groups is 1. The number of aryl methyl sites for hydroxylation is 1. The first-order valence-electron chi connectivity index (χ1n) is 8.64. The molecule has 0 fully saturated rings. The summed E-state index contributed by atoms with van der Waals surface area (Å²) in [6.45, 7) is 0.219. The highest BCUT2D eigenvalue weighted by molar-refractivity contribution is 7.17. The summed E-state index contributed by atoms with van der Waals surface area (Å²) in [6, 6.07) is 13.4. The quantitative estimate of drug-likeness (QED) is 0.458. The summed E-state index contributed by atoms with van der Waals surface area (Å²) < 4.78 is 0.671. The molecule has 0 saturated carbocycles. The number of phenolic OH excluding ortho intramolecular Hbond substituents is 1. The highest BCUT2D eigenvalue weighted by Gasteiger charge is 2.15. The third-order valence-corrected chi connectivity index (χ3v) is 5.60. The Hall–Kier alpha value is -2.63. The highest BCUT2D eigenvalue weighted by Crippen LogP contribution is 2.39. The van der Waals surface area contributed by atoms with Crippen molar-refractivity contribution in [2.45, 2.75) is 19.3 Å². The Morgan fingerprint density at radius 3 is 2.58 bits per heavy atom. The minimum absolute atomic E-state index is 0.0987. The van der Waals surface area contributed by atoms with E-state index in [4.69, 9.17) is 5.11 Å². The lowest BCUT2D eigenvalue weighted by Crippen LogP contribution is -2.04. The molecule has 4 aromatic rings. The first-order valence-corrected chi connectivity index (χ1v) is 9.52. The van der Waals surface area contributed by atoms with Crippen LogP contribution in [-0.4, -0.2) is 21.8 Å². The Kier molecular flexibility index (Phi) is 4.49. The number of hydrogen-bond acceptors (Lipinski definition) is 4. The summed E-state index contributed by atoms with van der Waals surface area (Å²) in [5.74, 6) is 0.199. The predicted octanol–water partition coefficient (Wildman–Crippen LogP) is 4.43. The summed E-state index contributed by atoms with van der Waals surface area (Å²) in [5, 5.41) is 23.1. The van der Waals surface area contributed by atoms with E-state index in [0.29, 0.717) is 4.70 Å². The number of aromatic hydroxyl groups is 1. The molecular weight excluding hydrogens is 346 g/mol. The Bertz CT molecular complexity index is 1130. The van der Waals surface area contributed by atoms with Gasteiger partial charge >= 0.3 is 0 Å². The molecule has 2 aromatic heterocycles. The Labute approximate surface area is 154 Å². The van der Waals surface area contributed by atoms with E-state index in [1.807, 2.05) is 23.6 Å². The number of nitrogens with one attached hydrogen (secondary N) is 1. The van der Waals surface area contributed by atoms with Gasteiger partial charge in [-0.1, -0.05) is 24.3 Å². The van der Waals surface area contributed by atoms with E-state index < -0.39 is 0 Å². The van der Waals surface area contributed by atoms with Gasteiger partial charge in [0.05, 0.1) is 0 Å². The van der Waals surface area contributed by atoms with E-state index >= 15 is 0 Å². The zero-order chi connectivity index (χ0) is 18.1. The van der Waals surface area contributed by atoms with Crippen LogP contribution in [-0.2, 0) is 6.42 Å². The summed E-state index contributed by atoms with van der Waals surface area (Å²) in [6.07, 6.45) is 2.67. The van der Waals surface area contributed by atoms with Crippen LogP contribution in [0.3, 0.4) is 0 Å². The number of hydrogen-bond donors (Lipinski definition) is 3. The van der Waals surface area contributed by atoms with Gasteiger partial charge in [0.2, 0.25) is 0 Å². The number of aromatic nitrogens is 1. The van der Waals surface area contributed by atoms with Crippen LogP contribution in [0.5, 0.6) is 5.75 Å². The zero-order valence-corrected chi connectivity index (χ0v) is 15.0. The van der Waals surface area contributed by atoms with Crippen molar-refractivity contribution in [1.82, 2.24) is 4.98 Å². The van der Waals surface area contributed by atoms with Crippen LogP contribution in [0.1, 0.15) is 18.4 Å². The average molecular weight is 365 g/mol. The molecule has 26 heavy (non-hydrogen) atoms. The van der Waals surface area contributed by atoms with Gasteiger partial charge in [0, 0.05) is 28.5 Å². The van der Waals surface area contributed by atoms with Crippen molar-refractivity contribution in [3.05, 3.63) is 63.8 Å². The number of rotatable bonds is 5. The van der Waals surface area contributed by atoms with E-state index in [1.54, 1.807) is 12.1 Å². The number of benzene rings is 2.